The standard InChI is InChI=1S/C18H25BF2N2O4/c1-3-5-6-22-16(24)10-23(7-4-2)18(25)12-8-13(17(20)21)14-11-27-19(26)15(14)9-12/h8-9,17,26H,3-7,10-11H2,1-2H3,(H,22,24). The van der Waals surface area contributed by atoms with Crippen molar-refractivity contribution in [2.45, 2.75) is 46.1 Å². The summed E-state index contributed by atoms with van der Waals surface area (Å²) in [6, 6.07) is 2.50. The van der Waals surface area contributed by atoms with Gasteiger partial charge in [-0.15, -0.1) is 0 Å². The lowest BCUT2D eigenvalue weighted by Crippen LogP contribution is -2.42. The molecular weight excluding hydrogens is 357 g/mol. The number of carbonyl (C=O) groups is 2. The molecule has 0 atom stereocenters. The zero-order valence-corrected chi connectivity index (χ0v) is 15.6. The van der Waals surface area contributed by atoms with Gasteiger partial charge >= 0.3 is 7.12 Å². The Balaban J connectivity index is 2.23. The van der Waals surface area contributed by atoms with Crippen LogP contribution in [-0.4, -0.2) is 48.5 Å². The molecule has 148 valence electrons. The number of alkyl halides is 2. The van der Waals surface area contributed by atoms with Crippen LogP contribution in [0.3, 0.4) is 0 Å². The molecule has 1 aliphatic rings. The van der Waals surface area contributed by atoms with Gasteiger partial charge in [-0.25, -0.2) is 8.78 Å². The molecule has 0 spiro atoms. The van der Waals surface area contributed by atoms with Crippen LogP contribution in [0.4, 0.5) is 8.78 Å². The average Bonchev–Trinajstić information content (AvgIpc) is 3.01. The number of nitrogens with one attached hydrogen (secondary N) is 1. The number of unbranched alkanes of at least 4 members (excludes halogenated alkanes) is 1. The smallest absolute Gasteiger partial charge is 0.423 e. The molecule has 1 heterocycles. The van der Waals surface area contributed by atoms with Gasteiger partial charge in [-0.1, -0.05) is 20.3 Å². The van der Waals surface area contributed by atoms with Crippen molar-refractivity contribution in [3.63, 3.8) is 0 Å². The number of hydrogen-bond donors (Lipinski definition) is 2. The third kappa shape index (κ3) is 5.26. The van der Waals surface area contributed by atoms with E-state index < -0.39 is 19.5 Å². The van der Waals surface area contributed by atoms with Crippen LogP contribution < -0.4 is 10.8 Å². The summed E-state index contributed by atoms with van der Waals surface area (Å²) in [5, 5.41) is 12.6. The number of halogens is 2. The lowest BCUT2D eigenvalue weighted by Gasteiger charge is -2.22. The van der Waals surface area contributed by atoms with Gasteiger partial charge in [0.15, 0.2) is 0 Å². The second-order valence-electron chi connectivity index (χ2n) is 6.53. The van der Waals surface area contributed by atoms with Gasteiger partial charge in [-0.3, -0.25) is 9.59 Å². The molecule has 9 heteroatoms. The third-order valence-electron chi connectivity index (χ3n) is 4.42. The van der Waals surface area contributed by atoms with E-state index in [4.69, 9.17) is 4.65 Å². The van der Waals surface area contributed by atoms with E-state index in [0.717, 1.165) is 18.9 Å². The van der Waals surface area contributed by atoms with Crippen molar-refractivity contribution in [2.24, 2.45) is 0 Å². The quantitative estimate of drug-likeness (QED) is 0.503. The third-order valence-corrected chi connectivity index (χ3v) is 4.42. The molecule has 0 unspecified atom stereocenters. The normalized spacial score (nSPS) is 13.0. The highest BCUT2D eigenvalue weighted by molar-refractivity contribution is 6.61. The summed E-state index contributed by atoms with van der Waals surface area (Å²) in [7, 11) is -1.33. The van der Waals surface area contributed by atoms with Crippen molar-refractivity contribution in [1.82, 2.24) is 10.2 Å². The molecule has 2 rings (SSSR count). The number of carbonyl (C=O) groups excluding carboxylic acids is 2. The van der Waals surface area contributed by atoms with Crippen molar-refractivity contribution in [1.29, 1.82) is 0 Å². The fourth-order valence-electron chi connectivity index (χ4n) is 3.01. The Morgan fingerprint density at radius 1 is 1.33 bits per heavy atom. The lowest BCUT2D eigenvalue weighted by atomic mass is 9.77. The maximum Gasteiger partial charge on any atom is 0.491 e. The van der Waals surface area contributed by atoms with Gasteiger partial charge in [0, 0.05) is 24.2 Å². The maximum atomic E-state index is 13.4. The fourth-order valence-corrected chi connectivity index (χ4v) is 3.01. The molecule has 0 saturated heterocycles. The first-order chi connectivity index (χ1) is 12.9. The van der Waals surface area contributed by atoms with Gasteiger partial charge in [0.05, 0.1) is 13.2 Å². The number of amides is 2. The minimum atomic E-state index is -2.79. The monoisotopic (exact) mass is 382 g/mol. The molecule has 2 N–H and O–H groups in total. The van der Waals surface area contributed by atoms with E-state index in [9.17, 15) is 23.4 Å². The van der Waals surface area contributed by atoms with Crippen LogP contribution in [0.15, 0.2) is 12.1 Å². The Morgan fingerprint density at radius 2 is 2.07 bits per heavy atom. The topological polar surface area (TPSA) is 78.9 Å². The van der Waals surface area contributed by atoms with Gasteiger partial charge < -0.3 is 19.9 Å². The molecule has 2 amide bonds. The number of fused-ring (bicyclic) bond motifs is 1. The van der Waals surface area contributed by atoms with E-state index in [-0.39, 0.29) is 41.2 Å². The molecule has 27 heavy (non-hydrogen) atoms. The molecule has 1 aromatic rings. The van der Waals surface area contributed by atoms with Crippen molar-refractivity contribution in [3.05, 3.63) is 28.8 Å². The van der Waals surface area contributed by atoms with Gasteiger partial charge in [-0.05, 0) is 36.0 Å². The maximum absolute atomic E-state index is 13.4. The molecule has 0 aromatic heterocycles. The number of nitrogens with zero attached hydrogens (tertiary/aromatic N) is 1. The van der Waals surface area contributed by atoms with Crippen LogP contribution in [-0.2, 0) is 16.1 Å². The van der Waals surface area contributed by atoms with Gasteiger partial charge in [0.1, 0.15) is 0 Å². The predicted molar refractivity (Wildman–Crippen MR) is 97.9 cm³/mol. The van der Waals surface area contributed by atoms with Crippen LogP contribution in [0, 0.1) is 0 Å². The Labute approximate surface area is 158 Å². The van der Waals surface area contributed by atoms with E-state index in [1.54, 1.807) is 0 Å². The highest BCUT2D eigenvalue weighted by atomic mass is 19.3. The molecule has 6 nitrogen and oxygen atoms in total. The van der Waals surface area contributed by atoms with E-state index >= 15 is 0 Å². The Morgan fingerprint density at radius 3 is 2.70 bits per heavy atom. The highest BCUT2D eigenvalue weighted by Crippen LogP contribution is 2.27. The predicted octanol–water partition coefficient (Wildman–Crippen LogP) is 1.61. The van der Waals surface area contributed by atoms with Crippen LogP contribution in [0.2, 0.25) is 0 Å². The molecule has 1 aliphatic heterocycles. The van der Waals surface area contributed by atoms with Gasteiger partial charge in [0.2, 0.25) is 5.91 Å². The first-order valence-electron chi connectivity index (χ1n) is 9.19. The molecule has 1 aromatic carbocycles. The molecule has 0 bridgehead atoms. The summed E-state index contributed by atoms with van der Waals surface area (Å²) in [6.45, 7) is 4.45. The van der Waals surface area contributed by atoms with Crippen molar-refractivity contribution >= 4 is 24.4 Å². The second kappa shape index (κ2) is 9.80. The van der Waals surface area contributed by atoms with Gasteiger partial charge in [-0.2, -0.15) is 0 Å². The van der Waals surface area contributed by atoms with Crippen molar-refractivity contribution in [2.75, 3.05) is 19.6 Å². The summed E-state index contributed by atoms with van der Waals surface area (Å²) in [5.74, 6) is -0.810. The lowest BCUT2D eigenvalue weighted by molar-refractivity contribution is -0.121. The molecule has 0 radical (unpaired) electrons. The molecule has 0 aliphatic carbocycles. The van der Waals surface area contributed by atoms with Crippen LogP contribution >= 0.6 is 0 Å². The Hall–Kier alpha value is -2.00. The minimum Gasteiger partial charge on any atom is -0.423 e. The Kier molecular flexibility index (Phi) is 7.73. The van der Waals surface area contributed by atoms with Crippen LogP contribution in [0.1, 0.15) is 61.0 Å². The summed E-state index contributed by atoms with van der Waals surface area (Å²) in [5.41, 5.74) is 0.0908. The van der Waals surface area contributed by atoms with Crippen LogP contribution in [0.25, 0.3) is 0 Å². The average molecular weight is 382 g/mol. The van der Waals surface area contributed by atoms with E-state index in [2.05, 4.69) is 5.32 Å². The van der Waals surface area contributed by atoms with Crippen molar-refractivity contribution in [3.8, 4) is 0 Å². The van der Waals surface area contributed by atoms with E-state index in [1.807, 2.05) is 13.8 Å². The fraction of sp³-hybridized carbons (Fsp3) is 0.556. The van der Waals surface area contributed by atoms with E-state index in [0.29, 0.717) is 19.5 Å². The Bertz CT molecular complexity index is 688. The number of rotatable bonds is 9. The largest absolute Gasteiger partial charge is 0.491 e. The summed E-state index contributed by atoms with van der Waals surface area (Å²) < 4.78 is 31.8. The zero-order valence-electron chi connectivity index (χ0n) is 15.6. The molecular formula is C18H25BF2N2O4. The summed E-state index contributed by atoms with van der Waals surface area (Å²) in [4.78, 5) is 26.3. The minimum absolute atomic E-state index is 0.0170. The first kappa shape index (κ1) is 21.3. The molecule has 0 fully saturated rings. The summed E-state index contributed by atoms with van der Waals surface area (Å²) >= 11 is 0. The van der Waals surface area contributed by atoms with Crippen LogP contribution in [0.5, 0.6) is 0 Å². The van der Waals surface area contributed by atoms with E-state index in [1.165, 1.54) is 11.0 Å². The zero-order chi connectivity index (χ0) is 20.0. The molecule has 0 saturated carbocycles. The number of benzene rings is 1. The van der Waals surface area contributed by atoms with Crippen molar-refractivity contribution < 1.29 is 28.0 Å². The summed E-state index contributed by atoms with van der Waals surface area (Å²) in [6.07, 6.45) is -0.397. The highest BCUT2D eigenvalue weighted by Gasteiger charge is 2.33. The second-order valence-corrected chi connectivity index (χ2v) is 6.53. The SMILES string of the molecule is CCCCNC(=O)CN(CCC)C(=O)c1cc2c(c(C(F)F)c1)COB2O. The van der Waals surface area contributed by atoms with Gasteiger partial charge in [0.25, 0.3) is 12.3 Å². The number of hydrogen-bond acceptors (Lipinski definition) is 4. The first-order valence-corrected chi connectivity index (χ1v) is 9.19.